The zero-order valence-electron chi connectivity index (χ0n) is 13.2. The van der Waals surface area contributed by atoms with Crippen LogP contribution in [0.4, 0.5) is 0 Å². The molecule has 0 saturated heterocycles. The second-order valence-electron chi connectivity index (χ2n) is 5.62. The summed E-state index contributed by atoms with van der Waals surface area (Å²) in [5.74, 6) is 1.13. The number of thiophene rings is 1. The van der Waals surface area contributed by atoms with Crippen LogP contribution in [0, 0.1) is 0 Å². The van der Waals surface area contributed by atoms with E-state index in [1.807, 2.05) is 0 Å². The van der Waals surface area contributed by atoms with E-state index in [2.05, 4.69) is 14.7 Å². The van der Waals surface area contributed by atoms with Crippen LogP contribution >= 0.6 is 23.1 Å². The molecule has 0 unspecified atom stereocenters. The normalized spacial score (nSPS) is 13.9. The number of esters is 1. The maximum Gasteiger partial charge on any atom is 0.373 e. The number of hydrogen-bond donors (Lipinski definition) is 0. The summed E-state index contributed by atoms with van der Waals surface area (Å²) in [6.07, 6.45) is 6.40. The number of furan rings is 1. The number of fused-ring (bicyclic) bond motifs is 3. The molecular formula is C17H16N2O3S2. The highest BCUT2D eigenvalue weighted by Gasteiger charge is 2.20. The second kappa shape index (κ2) is 6.57. The highest BCUT2D eigenvalue weighted by atomic mass is 32.2. The van der Waals surface area contributed by atoms with Crippen molar-refractivity contribution in [2.24, 2.45) is 0 Å². The Balaban J connectivity index is 1.59. The number of ether oxygens (including phenoxy) is 1. The monoisotopic (exact) mass is 360 g/mol. The van der Waals surface area contributed by atoms with Crippen LogP contribution in [0.25, 0.3) is 10.2 Å². The van der Waals surface area contributed by atoms with Crippen molar-refractivity contribution in [3.63, 3.8) is 0 Å². The summed E-state index contributed by atoms with van der Waals surface area (Å²) in [7, 11) is 1.34. The van der Waals surface area contributed by atoms with Gasteiger partial charge in [0, 0.05) is 10.3 Å². The van der Waals surface area contributed by atoms with Gasteiger partial charge in [0.1, 0.15) is 21.9 Å². The van der Waals surface area contributed by atoms with E-state index < -0.39 is 5.97 Å². The number of rotatable bonds is 4. The van der Waals surface area contributed by atoms with E-state index in [1.165, 1.54) is 35.8 Å². The largest absolute Gasteiger partial charge is 0.463 e. The Hall–Kier alpha value is -1.86. The molecule has 24 heavy (non-hydrogen) atoms. The average Bonchev–Trinajstić information content (AvgIpc) is 3.23. The molecule has 1 aliphatic rings. The van der Waals surface area contributed by atoms with Gasteiger partial charge in [-0.25, -0.2) is 14.8 Å². The Labute approximate surface area is 147 Å². The van der Waals surface area contributed by atoms with Crippen molar-refractivity contribution in [2.45, 2.75) is 36.5 Å². The minimum Gasteiger partial charge on any atom is -0.463 e. The Morgan fingerprint density at radius 2 is 2.21 bits per heavy atom. The van der Waals surface area contributed by atoms with Gasteiger partial charge in [-0.2, -0.15) is 0 Å². The van der Waals surface area contributed by atoms with E-state index >= 15 is 0 Å². The maximum atomic E-state index is 11.5. The fourth-order valence-corrected chi connectivity index (χ4v) is 5.19. The van der Waals surface area contributed by atoms with Gasteiger partial charge >= 0.3 is 5.97 Å². The van der Waals surface area contributed by atoms with Gasteiger partial charge in [0.25, 0.3) is 0 Å². The number of thioether (sulfide) groups is 1. The van der Waals surface area contributed by atoms with Crippen LogP contribution in [0.15, 0.2) is 27.9 Å². The minimum atomic E-state index is -0.456. The molecule has 0 atom stereocenters. The Bertz CT molecular complexity index is 901. The van der Waals surface area contributed by atoms with E-state index in [0.717, 1.165) is 28.5 Å². The third-order valence-corrected chi connectivity index (χ3v) is 6.33. The fraction of sp³-hybridized carbons (Fsp3) is 0.353. The molecule has 0 amide bonds. The predicted octanol–water partition coefficient (Wildman–Crippen LogP) is 4.24. The smallest absolute Gasteiger partial charge is 0.373 e. The van der Waals surface area contributed by atoms with Crippen molar-refractivity contribution in [3.05, 3.63) is 40.4 Å². The van der Waals surface area contributed by atoms with Crippen LogP contribution < -0.4 is 0 Å². The van der Waals surface area contributed by atoms with E-state index in [-0.39, 0.29) is 5.76 Å². The van der Waals surface area contributed by atoms with Crippen molar-refractivity contribution in [1.29, 1.82) is 0 Å². The predicted molar refractivity (Wildman–Crippen MR) is 93.7 cm³/mol. The van der Waals surface area contributed by atoms with Crippen LogP contribution in [0.2, 0.25) is 0 Å². The van der Waals surface area contributed by atoms with Crippen LogP contribution in [0.3, 0.4) is 0 Å². The van der Waals surface area contributed by atoms with Gasteiger partial charge in [-0.05, 0) is 43.4 Å². The third kappa shape index (κ3) is 2.82. The first-order chi connectivity index (χ1) is 11.8. The molecule has 0 aliphatic heterocycles. The lowest BCUT2D eigenvalue weighted by Gasteiger charge is -2.11. The molecule has 0 N–H and O–H groups in total. The molecule has 4 rings (SSSR count). The molecular weight excluding hydrogens is 344 g/mol. The van der Waals surface area contributed by atoms with Crippen molar-refractivity contribution in [3.8, 4) is 0 Å². The zero-order valence-corrected chi connectivity index (χ0v) is 14.8. The number of nitrogens with zero attached hydrogens (tertiary/aromatic N) is 2. The van der Waals surface area contributed by atoms with Crippen molar-refractivity contribution in [1.82, 2.24) is 9.97 Å². The van der Waals surface area contributed by atoms with E-state index in [0.29, 0.717) is 5.75 Å². The number of carbonyl (C=O) groups is 1. The number of carbonyl (C=O) groups excluding carboxylic acids is 1. The Kier molecular flexibility index (Phi) is 4.28. The quantitative estimate of drug-likeness (QED) is 0.394. The Morgan fingerprint density at radius 1 is 1.33 bits per heavy atom. The first kappa shape index (κ1) is 15.7. The first-order valence-corrected chi connectivity index (χ1v) is 9.61. The van der Waals surface area contributed by atoms with Gasteiger partial charge in [0.2, 0.25) is 5.76 Å². The number of aryl methyl sites for hydroxylation is 2. The molecule has 0 aromatic carbocycles. The first-order valence-electron chi connectivity index (χ1n) is 7.81. The zero-order chi connectivity index (χ0) is 16.5. The second-order valence-corrected chi connectivity index (χ2v) is 7.66. The summed E-state index contributed by atoms with van der Waals surface area (Å²) >= 11 is 3.42. The van der Waals surface area contributed by atoms with Crippen molar-refractivity contribution < 1.29 is 13.9 Å². The maximum absolute atomic E-state index is 11.5. The van der Waals surface area contributed by atoms with Crippen LogP contribution in [-0.2, 0) is 23.3 Å². The lowest BCUT2D eigenvalue weighted by molar-refractivity contribution is 0.0563. The molecule has 0 radical (unpaired) electrons. The van der Waals surface area contributed by atoms with Crippen LogP contribution in [-0.4, -0.2) is 23.0 Å². The number of methoxy groups -OCH3 is 1. The highest BCUT2D eigenvalue weighted by Crippen LogP contribution is 2.39. The molecule has 124 valence electrons. The summed E-state index contributed by atoms with van der Waals surface area (Å²) in [5, 5.41) is 2.21. The van der Waals surface area contributed by atoms with Crippen LogP contribution in [0.1, 0.15) is 39.6 Å². The van der Waals surface area contributed by atoms with Gasteiger partial charge in [0.15, 0.2) is 0 Å². The van der Waals surface area contributed by atoms with E-state index in [4.69, 9.17) is 4.42 Å². The summed E-state index contributed by atoms with van der Waals surface area (Å²) in [6.45, 7) is 0. The molecule has 3 aromatic heterocycles. The molecule has 1 aliphatic carbocycles. The Morgan fingerprint density at radius 3 is 3.08 bits per heavy atom. The molecule has 3 aromatic rings. The standard InChI is InChI=1S/C17H16N2O3S2/c1-21-17(20)12-7-6-10(22-12)8-23-15-14-11-4-2-3-5-13(11)24-16(14)19-9-18-15/h6-7,9H,2-5,8H2,1H3. The summed E-state index contributed by atoms with van der Waals surface area (Å²) in [4.78, 5) is 22.9. The van der Waals surface area contributed by atoms with Crippen molar-refractivity contribution >= 4 is 39.3 Å². The summed E-state index contributed by atoms with van der Waals surface area (Å²) in [5.41, 5.74) is 1.43. The highest BCUT2D eigenvalue weighted by molar-refractivity contribution is 7.98. The van der Waals surface area contributed by atoms with E-state index in [1.54, 1.807) is 41.6 Å². The van der Waals surface area contributed by atoms with Gasteiger partial charge in [-0.1, -0.05) is 11.8 Å². The topological polar surface area (TPSA) is 65.2 Å². The molecule has 0 spiro atoms. The summed E-state index contributed by atoms with van der Waals surface area (Å²) < 4.78 is 10.2. The molecule has 0 fully saturated rings. The summed E-state index contributed by atoms with van der Waals surface area (Å²) in [6, 6.07) is 3.45. The van der Waals surface area contributed by atoms with Gasteiger partial charge in [-0.15, -0.1) is 11.3 Å². The number of aromatic nitrogens is 2. The molecule has 0 bridgehead atoms. The minimum absolute atomic E-state index is 0.230. The molecule has 5 nitrogen and oxygen atoms in total. The molecule has 7 heteroatoms. The molecule has 0 saturated carbocycles. The lowest BCUT2D eigenvalue weighted by Crippen LogP contribution is -1.99. The molecule has 3 heterocycles. The lowest BCUT2D eigenvalue weighted by atomic mass is 9.97. The van der Waals surface area contributed by atoms with Gasteiger partial charge < -0.3 is 9.15 Å². The van der Waals surface area contributed by atoms with Gasteiger partial charge in [-0.3, -0.25) is 0 Å². The van der Waals surface area contributed by atoms with Crippen molar-refractivity contribution in [2.75, 3.05) is 7.11 Å². The SMILES string of the molecule is COC(=O)c1ccc(CSc2ncnc3sc4c(c23)CCCC4)o1. The average molecular weight is 360 g/mol. The number of hydrogen-bond acceptors (Lipinski definition) is 7. The third-order valence-electron chi connectivity index (χ3n) is 4.12. The van der Waals surface area contributed by atoms with Gasteiger partial charge in [0.05, 0.1) is 12.9 Å². The van der Waals surface area contributed by atoms with Crippen LogP contribution in [0.5, 0.6) is 0 Å². The van der Waals surface area contributed by atoms with E-state index in [9.17, 15) is 4.79 Å². The fourth-order valence-electron chi connectivity index (χ4n) is 2.98.